The fraction of sp³-hybridized carbons (Fsp3) is 0.316. The summed E-state index contributed by atoms with van der Waals surface area (Å²) in [6.07, 6.45) is 0.102. The molecule has 7 heteroatoms. The predicted octanol–water partition coefficient (Wildman–Crippen LogP) is 4.80. The Labute approximate surface area is 161 Å². The van der Waals surface area contributed by atoms with Crippen LogP contribution < -0.4 is 5.32 Å². The van der Waals surface area contributed by atoms with Gasteiger partial charge in [-0.05, 0) is 50.6 Å². The van der Waals surface area contributed by atoms with Gasteiger partial charge in [0.25, 0.3) is 0 Å². The van der Waals surface area contributed by atoms with Crippen LogP contribution in [0, 0.1) is 13.8 Å². The van der Waals surface area contributed by atoms with E-state index in [0.29, 0.717) is 21.2 Å². The van der Waals surface area contributed by atoms with E-state index in [1.807, 2.05) is 13.8 Å². The Kier molecular flexibility index (Phi) is 6.94. The minimum absolute atomic E-state index is 0.0275. The van der Waals surface area contributed by atoms with Crippen LogP contribution in [0.3, 0.4) is 0 Å². The minimum atomic E-state index is -0.457. The lowest BCUT2D eigenvalue weighted by atomic mass is 10.1. The van der Waals surface area contributed by atoms with Gasteiger partial charge in [-0.3, -0.25) is 9.59 Å². The topological polar surface area (TPSA) is 72.5 Å². The molecule has 0 saturated heterocycles. The lowest BCUT2D eigenvalue weighted by molar-refractivity contribution is -0.116. The van der Waals surface area contributed by atoms with Crippen LogP contribution in [0.5, 0.6) is 0 Å². The van der Waals surface area contributed by atoms with Gasteiger partial charge < -0.3 is 10.1 Å². The Bertz CT molecular complexity index is 827. The number of benzene rings is 1. The van der Waals surface area contributed by atoms with Crippen LogP contribution in [0.25, 0.3) is 0 Å². The van der Waals surface area contributed by atoms with Crippen molar-refractivity contribution in [2.75, 3.05) is 11.9 Å². The molecule has 2 aromatic rings. The summed E-state index contributed by atoms with van der Waals surface area (Å²) in [5.74, 6) is -0.915. The van der Waals surface area contributed by atoms with E-state index in [0.717, 1.165) is 10.4 Å². The summed E-state index contributed by atoms with van der Waals surface area (Å²) in [5.41, 5.74) is 1.69. The van der Waals surface area contributed by atoms with Crippen LogP contribution in [0.2, 0.25) is 5.02 Å². The average Bonchev–Trinajstić information content (AvgIpc) is 2.87. The molecule has 26 heavy (non-hydrogen) atoms. The molecular weight excluding hydrogens is 374 g/mol. The largest absolute Gasteiger partial charge is 0.462 e. The molecule has 0 fully saturated rings. The molecule has 1 aromatic carbocycles. The molecule has 0 spiro atoms. The van der Waals surface area contributed by atoms with Gasteiger partial charge in [-0.1, -0.05) is 11.6 Å². The van der Waals surface area contributed by atoms with E-state index >= 15 is 0 Å². The van der Waals surface area contributed by atoms with Crippen molar-refractivity contribution >= 4 is 45.6 Å². The van der Waals surface area contributed by atoms with Gasteiger partial charge in [0, 0.05) is 28.3 Å². The quantitative estimate of drug-likeness (QED) is 0.541. The number of Topliss-reactive ketones (excluding diaryl/α,β-unsaturated/α-hetero) is 1. The number of esters is 1. The maximum atomic E-state index is 12.2. The molecule has 0 atom stereocenters. The smallest absolute Gasteiger partial charge is 0.341 e. The van der Waals surface area contributed by atoms with Crippen molar-refractivity contribution in [3.8, 4) is 0 Å². The van der Waals surface area contributed by atoms with E-state index in [1.54, 1.807) is 31.2 Å². The number of ketones is 1. The molecule has 2 rings (SSSR count). The van der Waals surface area contributed by atoms with Crippen LogP contribution in [0.15, 0.2) is 24.3 Å². The van der Waals surface area contributed by atoms with E-state index in [1.165, 1.54) is 11.3 Å². The molecular formula is C19H20ClNO4S. The number of ether oxygens (including phenoxy) is 1. The minimum Gasteiger partial charge on any atom is -0.462 e. The number of rotatable bonds is 7. The van der Waals surface area contributed by atoms with E-state index in [9.17, 15) is 14.4 Å². The van der Waals surface area contributed by atoms with Gasteiger partial charge in [-0.25, -0.2) is 4.79 Å². The van der Waals surface area contributed by atoms with Crippen molar-refractivity contribution in [1.29, 1.82) is 0 Å². The fourth-order valence-electron chi connectivity index (χ4n) is 2.36. The van der Waals surface area contributed by atoms with Crippen molar-refractivity contribution in [3.63, 3.8) is 0 Å². The number of amides is 1. The summed E-state index contributed by atoms with van der Waals surface area (Å²) >= 11 is 7.12. The molecule has 0 bridgehead atoms. The highest BCUT2D eigenvalue weighted by atomic mass is 35.5. The molecule has 0 aliphatic heterocycles. The standard InChI is InChI=1S/C19H20ClNO4S/c1-4-25-19(24)17-11(2)12(3)26-18(17)21-16(23)10-9-15(22)13-5-7-14(20)8-6-13/h5-8H,4,9-10H2,1-3H3,(H,21,23). The zero-order chi connectivity index (χ0) is 19.3. The van der Waals surface area contributed by atoms with E-state index < -0.39 is 5.97 Å². The molecule has 5 nitrogen and oxygen atoms in total. The first kappa shape index (κ1) is 20.1. The normalized spacial score (nSPS) is 10.5. The van der Waals surface area contributed by atoms with Crippen molar-refractivity contribution in [1.82, 2.24) is 0 Å². The maximum absolute atomic E-state index is 12.2. The molecule has 0 saturated carbocycles. The second-order valence-electron chi connectivity index (χ2n) is 5.69. The van der Waals surface area contributed by atoms with E-state index in [-0.39, 0.29) is 31.1 Å². The number of nitrogens with one attached hydrogen (secondary N) is 1. The molecule has 1 aromatic heterocycles. The number of carbonyl (C=O) groups is 3. The van der Waals surface area contributed by atoms with Crippen molar-refractivity contribution in [2.24, 2.45) is 0 Å². The third-order valence-corrected chi connectivity index (χ3v) is 5.24. The van der Waals surface area contributed by atoms with Crippen molar-refractivity contribution in [3.05, 3.63) is 50.9 Å². The Morgan fingerprint density at radius 1 is 1.12 bits per heavy atom. The van der Waals surface area contributed by atoms with Gasteiger partial charge in [0.1, 0.15) is 5.00 Å². The van der Waals surface area contributed by atoms with E-state index in [2.05, 4.69) is 5.32 Å². The first-order chi connectivity index (χ1) is 12.3. The predicted molar refractivity (Wildman–Crippen MR) is 103 cm³/mol. The molecule has 0 radical (unpaired) electrons. The SMILES string of the molecule is CCOC(=O)c1c(NC(=O)CCC(=O)c2ccc(Cl)cc2)sc(C)c1C. The number of halogens is 1. The highest BCUT2D eigenvalue weighted by molar-refractivity contribution is 7.16. The number of hydrogen-bond acceptors (Lipinski definition) is 5. The second-order valence-corrected chi connectivity index (χ2v) is 7.35. The van der Waals surface area contributed by atoms with Gasteiger partial charge in [-0.15, -0.1) is 11.3 Å². The monoisotopic (exact) mass is 393 g/mol. The molecule has 1 amide bonds. The molecule has 0 aliphatic rings. The zero-order valence-electron chi connectivity index (χ0n) is 14.8. The fourth-order valence-corrected chi connectivity index (χ4v) is 3.55. The third kappa shape index (κ3) is 4.93. The van der Waals surface area contributed by atoms with Crippen LogP contribution in [-0.2, 0) is 9.53 Å². The summed E-state index contributed by atoms with van der Waals surface area (Å²) in [5, 5.41) is 3.74. The van der Waals surface area contributed by atoms with Crippen molar-refractivity contribution in [2.45, 2.75) is 33.6 Å². The Morgan fingerprint density at radius 3 is 2.38 bits per heavy atom. The number of aryl methyl sites for hydroxylation is 1. The van der Waals surface area contributed by atoms with Gasteiger partial charge in [0.2, 0.25) is 5.91 Å². The lowest BCUT2D eigenvalue weighted by Gasteiger charge is -2.07. The highest BCUT2D eigenvalue weighted by Crippen LogP contribution is 2.33. The number of hydrogen-bond donors (Lipinski definition) is 1. The molecule has 1 heterocycles. The molecule has 138 valence electrons. The van der Waals surface area contributed by atoms with Gasteiger partial charge >= 0.3 is 5.97 Å². The summed E-state index contributed by atoms with van der Waals surface area (Å²) in [6.45, 7) is 5.68. The first-order valence-electron chi connectivity index (χ1n) is 8.19. The Morgan fingerprint density at radius 2 is 1.77 bits per heavy atom. The van der Waals surface area contributed by atoms with Gasteiger partial charge in [0.15, 0.2) is 5.78 Å². The van der Waals surface area contributed by atoms with Crippen LogP contribution in [0.1, 0.15) is 50.9 Å². The van der Waals surface area contributed by atoms with Crippen LogP contribution in [0.4, 0.5) is 5.00 Å². The molecule has 0 aliphatic carbocycles. The molecule has 1 N–H and O–H groups in total. The van der Waals surface area contributed by atoms with Crippen LogP contribution in [-0.4, -0.2) is 24.3 Å². The number of anilines is 1. The number of carbonyl (C=O) groups excluding carboxylic acids is 3. The highest BCUT2D eigenvalue weighted by Gasteiger charge is 2.22. The summed E-state index contributed by atoms with van der Waals surface area (Å²) in [7, 11) is 0. The summed E-state index contributed by atoms with van der Waals surface area (Å²) < 4.78 is 5.06. The van der Waals surface area contributed by atoms with Gasteiger partial charge in [0.05, 0.1) is 12.2 Å². The van der Waals surface area contributed by atoms with Crippen molar-refractivity contribution < 1.29 is 19.1 Å². The molecule has 0 unspecified atom stereocenters. The van der Waals surface area contributed by atoms with E-state index in [4.69, 9.17) is 16.3 Å². The van der Waals surface area contributed by atoms with Crippen LogP contribution >= 0.6 is 22.9 Å². The summed E-state index contributed by atoms with van der Waals surface area (Å²) in [4.78, 5) is 37.4. The third-order valence-electron chi connectivity index (χ3n) is 3.86. The van der Waals surface area contributed by atoms with Gasteiger partial charge in [-0.2, -0.15) is 0 Å². The Balaban J connectivity index is 2.01. The average molecular weight is 394 g/mol. The zero-order valence-corrected chi connectivity index (χ0v) is 16.4. The first-order valence-corrected chi connectivity index (χ1v) is 9.38. The maximum Gasteiger partial charge on any atom is 0.341 e. The second kappa shape index (κ2) is 8.96. The summed E-state index contributed by atoms with van der Waals surface area (Å²) in [6, 6.07) is 6.54. The number of thiophene rings is 1. The lowest BCUT2D eigenvalue weighted by Crippen LogP contribution is -2.15. The Hall–Kier alpha value is -2.18.